The Labute approximate surface area is 163 Å². The van der Waals surface area contributed by atoms with Gasteiger partial charge in [-0.2, -0.15) is 4.72 Å². The van der Waals surface area contributed by atoms with E-state index < -0.39 is 22.5 Å². The minimum Gasteiger partial charge on any atom is -0.455 e. The van der Waals surface area contributed by atoms with Gasteiger partial charge in [0, 0.05) is 5.56 Å². The van der Waals surface area contributed by atoms with Gasteiger partial charge < -0.3 is 9.15 Å². The van der Waals surface area contributed by atoms with E-state index in [1.54, 1.807) is 18.3 Å². The van der Waals surface area contributed by atoms with Crippen LogP contribution >= 0.6 is 0 Å². The number of esters is 1. The third-order valence-electron chi connectivity index (χ3n) is 4.16. The molecule has 28 heavy (non-hydrogen) atoms. The van der Waals surface area contributed by atoms with Gasteiger partial charge in [-0.1, -0.05) is 36.4 Å². The van der Waals surface area contributed by atoms with Crippen molar-refractivity contribution in [3.05, 3.63) is 71.7 Å². The number of nitrogens with one attached hydrogen (secondary N) is 1. The number of carbonyl (C=O) groups excluding carboxylic acids is 1. The molecule has 0 saturated heterocycles. The molecule has 1 heterocycles. The van der Waals surface area contributed by atoms with Gasteiger partial charge in [0.05, 0.1) is 11.1 Å². The van der Waals surface area contributed by atoms with E-state index in [9.17, 15) is 13.2 Å². The van der Waals surface area contributed by atoms with Crippen LogP contribution in [0.5, 0.6) is 0 Å². The van der Waals surface area contributed by atoms with Crippen molar-refractivity contribution < 1.29 is 22.4 Å². The van der Waals surface area contributed by atoms with Crippen LogP contribution in [0.25, 0.3) is 11.3 Å². The summed E-state index contributed by atoms with van der Waals surface area (Å²) in [7, 11) is -3.80. The molecule has 0 spiro atoms. The molecular weight excluding hydrogens is 380 g/mol. The zero-order valence-electron chi connectivity index (χ0n) is 15.5. The quantitative estimate of drug-likeness (QED) is 0.612. The second kappa shape index (κ2) is 8.37. The number of oxazole rings is 1. The fourth-order valence-corrected chi connectivity index (χ4v) is 3.48. The van der Waals surface area contributed by atoms with Crippen LogP contribution in [0, 0.1) is 13.8 Å². The van der Waals surface area contributed by atoms with E-state index >= 15 is 0 Å². The Morgan fingerprint density at radius 3 is 2.57 bits per heavy atom. The average molecular weight is 400 g/mol. The third kappa shape index (κ3) is 4.85. The normalized spacial score (nSPS) is 11.4. The molecule has 3 rings (SSSR count). The molecule has 0 atom stereocenters. The molecule has 0 aliphatic heterocycles. The summed E-state index contributed by atoms with van der Waals surface area (Å²) in [6.07, 6.45) is 1.54. The summed E-state index contributed by atoms with van der Waals surface area (Å²) in [6, 6.07) is 14.2. The van der Waals surface area contributed by atoms with E-state index in [-0.39, 0.29) is 17.4 Å². The van der Waals surface area contributed by atoms with Crippen molar-refractivity contribution in [2.24, 2.45) is 0 Å². The molecule has 0 bridgehead atoms. The Kier molecular flexibility index (Phi) is 5.91. The van der Waals surface area contributed by atoms with Crippen LogP contribution in [-0.2, 0) is 26.2 Å². The minimum absolute atomic E-state index is 0.101. The minimum atomic E-state index is -3.80. The number of carbonyl (C=O) groups is 1. The maximum atomic E-state index is 12.3. The monoisotopic (exact) mass is 400 g/mol. The molecule has 7 nitrogen and oxygen atoms in total. The highest BCUT2D eigenvalue weighted by Crippen LogP contribution is 2.20. The summed E-state index contributed by atoms with van der Waals surface area (Å²) in [5.74, 6) is 0.0539. The van der Waals surface area contributed by atoms with Crippen LogP contribution in [0.1, 0.15) is 17.0 Å². The van der Waals surface area contributed by atoms with Crippen LogP contribution in [0.3, 0.4) is 0 Å². The Morgan fingerprint density at radius 2 is 1.86 bits per heavy atom. The summed E-state index contributed by atoms with van der Waals surface area (Å²) >= 11 is 0. The van der Waals surface area contributed by atoms with E-state index in [0.717, 1.165) is 16.7 Å². The predicted octanol–water partition coefficient (Wildman–Crippen LogP) is 2.98. The lowest BCUT2D eigenvalue weighted by molar-refractivity contribution is -0.144. The molecule has 0 radical (unpaired) electrons. The fraction of sp³-hybridized carbons (Fsp3) is 0.200. The summed E-state index contributed by atoms with van der Waals surface area (Å²) in [5, 5.41) is 0. The van der Waals surface area contributed by atoms with Gasteiger partial charge in [-0.15, -0.1) is 0 Å². The van der Waals surface area contributed by atoms with Crippen LogP contribution < -0.4 is 4.72 Å². The van der Waals surface area contributed by atoms with Crippen molar-refractivity contribution >= 4 is 16.0 Å². The summed E-state index contributed by atoms with van der Waals surface area (Å²) in [6.45, 7) is 3.05. The number of benzene rings is 2. The van der Waals surface area contributed by atoms with Crippen LogP contribution in [-0.4, -0.2) is 25.9 Å². The highest BCUT2D eigenvalue weighted by atomic mass is 32.2. The third-order valence-corrected chi connectivity index (χ3v) is 5.56. The molecular formula is C20H20N2O5S. The van der Waals surface area contributed by atoms with Crippen molar-refractivity contribution in [3.63, 3.8) is 0 Å². The first-order valence-electron chi connectivity index (χ1n) is 8.58. The fourth-order valence-electron chi connectivity index (χ4n) is 2.42. The summed E-state index contributed by atoms with van der Waals surface area (Å²) in [5.41, 5.74) is 2.69. The first-order valence-corrected chi connectivity index (χ1v) is 10.1. The van der Waals surface area contributed by atoms with Crippen molar-refractivity contribution in [3.8, 4) is 11.3 Å². The van der Waals surface area contributed by atoms with Crippen molar-refractivity contribution in [1.82, 2.24) is 9.71 Å². The van der Waals surface area contributed by atoms with E-state index in [0.29, 0.717) is 5.76 Å². The van der Waals surface area contributed by atoms with Crippen molar-refractivity contribution in [2.75, 3.05) is 6.54 Å². The first kappa shape index (κ1) is 19.8. The SMILES string of the molecule is Cc1ccc(S(=O)(=O)NCC(=O)OCc2ncc(-c3ccccc3)o2)cc1C. The Hall–Kier alpha value is -2.97. The number of hydrogen-bond donors (Lipinski definition) is 1. The van der Waals surface area contributed by atoms with E-state index in [4.69, 9.17) is 9.15 Å². The van der Waals surface area contributed by atoms with E-state index in [2.05, 4.69) is 9.71 Å². The molecule has 2 aromatic carbocycles. The number of aryl methyl sites for hydroxylation is 2. The van der Waals surface area contributed by atoms with Gasteiger partial charge in [-0.3, -0.25) is 4.79 Å². The molecule has 146 valence electrons. The number of ether oxygens (including phenoxy) is 1. The van der Waals surface area contributed by atoms with Crippen molar-refractivity contribution in [1.29, 1.82) is 0 Å². The second-order valence-corrected chi connectivity index (χ2v) is 7.98. The van der Waals surface area contributed by atoms with Gasteiger partial charge in [0.25, 0.3) is 0 Å². The number of nitrogens with zero attached hydrogens (tertiary/aromatic N) is 1. The molecule has 3 aromatic rings. The highest BCUT2D eigenvalue weighted by Gasteiger charge is 2.17. The van der Waals surface area contributed by atoms with Crippen LogP contribution in [0.4, 0.5) is 0 Å². The topological polar surface area (TPSA) is 98.5 Å². The average Bonchev–Trinajstić information content (AvgIpc) is 3.16. The molecule has 0 saturated carbocycles. The number of aromatic nitrogens is 1. The van der Waals surface area contributed by atoms with Gasteiger partial charge in [0.2, 0.25) is 15.9 Å². The first-order chi connectivity index (χ1) is 13.3. The smallest absolute Gasteiger partial charge is 0.321 e. The zero-order valence-corrected chi connectivity index (χ0v) is 16.3. The van der Waals surface area contributed by atoms with Gasteiger partial charge in [0.15, 0.2) is 12.4 Å². The number of hydrogen-bond acceptors (Lipinski definition) is 6. The lowest BCUT2D eigenvalue weighted by atomic mass is 10.1. The molecule has 8 heteroatoms. The van der Waals surface area contributed by atoms with Crippen LogP contribution in [0.15, 0.2) is 64.0 Å². The largest absolute Gasteiger partial charge is 0.455 e. The highest BCUT2D eigenvalue weighted by molar-refractivity contribution is 7.89. The standard InChI is InChI=1S/C20H20N2O5S/c1-14-8-9-17(10-15(14)2)28(24,25)22-12-20(23)26-13-19-21-11-18(27-19)16-6-4-3-5-7-16/h3-11,22H,12-13H2,1-2H3. The van der Waals surface area contributed by atoms with Gasteiger partial charge in [0.1, 0.15) is 6.54 Å². The van der Waals surface area contributed by atoms with E-state index in [1.807, 2.05) is 44.2 Å². The molecule has 1 N–H and O–H groups in total. The summed E-state index contributed by atoms with van der Waals surface area (Å²) < 4.78 is 37.4. The summed E-state index contributed by atoms with van der Waals surface area (Å²) in [4.78, 5) is 16.0. The molecule has 1 aromatic heterocycles. The van der Waals surface area contributed by atoms with Gasteiger partial charge in [-0.25, -0.2) is 13.4 Å². The molecule has 0 fully saturated rings. The molecule has 0 aliphatic carbocycles. The Balaban J connectivity index is 1.53. The van der Waals surface area contributed by atoms with Gasteiger partial charge >= 0.3 is 5.97 Å². The zero-order chi connectivity index (χ0) is 20.1. The lowest BCUT2D eigenvalue weighted by Crippen LogP contribution is -2.30. The van der Waals surface area contributed by atoms with Crippen molar-refractivity contribution in [2.45, 2.75) is 25.3 Å². The Bertz CT molecular complexity index is 1070. The van der Waals surface area contributed by atoms with Gasteiger partial charge in [-0.05, 0) is 37.1 Å². The van der Waals surface area contributed by atoms with E-state index in [1.165, 1.54) is 6.07 Å². The van der Waals surface area contributed by atoms with Crippen LogP contribution in [0.2, 0.25) is 0 Å². The molecule has 0 amide bonds. The lowest BCUT2D eigenvalue weighted by Gasteiger charge is -2.08. The predicted molar refractivity (Wildman–Crippen MR) is 103 cm³/mol. The second-order valence-electron chi connectivity index (χ2n) is 6.22. The maximum Gasteiger partial charge on any atom is 0.321 e. The number of sulfonamides is 1. The molecule has 0 unspecified atom stereocenters. The molecule has 0 aliphatic rings. The number of rotatable bonds is 7. The maximum absolute atomic E-state index is 12.3. The Morgan fingerprint density at radius 1 is 1.11 bits per heavy atom.